The van der Waals surface area contributed by atoms with Gasteiger partial charge in [0.15, 0.2) is 0 Å². The highest BCUT2D eigenvalue weighted by molar-refractivity contribution is 7.99. The van der Waals surface area contributed by atoms with E-state index in [0.717, 1.165) is 0 Å². The van der Waals surface area contributed by atoms with E-state index in [1.165, 1.54) is 0 Å². The van der Waals surface area contributed by atoms with Crippen molar-refractivity contribution in [2.75, 3.05) is 17.4 Å². The molecule has 0 fully saturated rings. The van der Waals surface area contributed by atoms with E-state index in [1.54, 1.807) is 0 Å². The van der Waals surface area contributed by atoms with Crippen LogP contribution in [0.5, 0.6) is 0 Å². The Balaban J connectivity index is 6.80. The average Bonchev–Trinajstić information content (AvgIpc) is 2.69. The van der Waals surface area contributed by atoms with Crippen molar-refractivity contribution < 1.29 is 92.2 Å². The molecule has 0 radical (unpaired) electrons. The molecule has 0 nitrogen and oxygen atoms in total. The second kappa shape index (κ2) is 9.97. The van der Waals surface area contributed by atoms with Crippen molar-refractivity contribution in [3.05, 3.63) is 0 Å². The number of hydrogen-bond donors (Lipinski definition) is 0. The normalized spacial score (nSPS) is 16.4. The molecule has 0 aromatic rings. The van der Waals surface area contributed by atoms with Gasteiger partial charge in [0.2, 0.25) is 0 Å². The van der Waals surface area contributed by atoms with Crippen LogP contribution in [-0.4, -0.2) is 76.9 Å². The van der Waals surface area contributed by atoms with Gasteiger partial charge in [-0.2, -0.15) is 104 Å². The van der Waals surface area contributed by atoms with Crippen LogP contribution >= 0.6 is 23.4 Å². The zero-order valence-electron chi connectivity index (χ0n) is 16.6. The minimum absolute atomic E-state index is 0.143. The third kappa shape index (κ3) is 5.09. The van der Waals surface area contributed by atoms with Gasteiger partial charge in [-0.1, -0.05) is 0 Å². The Bertz CT molecular complexity index is 785. The molecule has 0 aromatic carbocycles. The molecular formula is C14H8ClF21S. The molecule has 224 valence electrons. The molecule has 0 rings (SSSR count). The van der Waals surface area contributed by atoms with E-state index in [1.807, 2.05) is 0 Å². The van der Waals surface area contributed by atoms with Gasteiger partial charge in [0.1, 0.15) is 0 Å². The highest BCUT2D eigenvalue weighted by Crippen LogP contribution is 2.66. The van der Waals surface area contributed by atoms with Crippen LogP contribution in [-0.2, 0) is 0 Å². The van der Waals surface area contributed by atoms with Gasteiger partial charge in [-0.15, -0.1) is 11.6 Å². The molecule has 0 aliphatic carbocycles. The number of halogens is 22. The van der Waals surface area contributed by atoms with Gasteiger partial charge in [0.25, 0.3) is 0 Å². The summed E-state index contributed by atoms with van der Waals surface area (Å²) in [4.78, 5) is 0. The van der Waals surface area contributed by atoms with Gasteiger partial charge in [0, 0.05) is 18.1 Å². The monoisotopic (exact) mass is 642 g/mol. The lowest BCUT2D eigenvalue weighted by Gasteiger charge is -2.44. The van der Waals surface area contributed by atoms with Crippen LogP contribution < -0.4 is 0 Å². The first kappa shape index (κ1) is 36.2. The maximum atomic E-state index is 13.6. The summed E-state index contributed by atoms with van der Waals surface area (Å²) in [6, 6.07) is 0. The Labute approximate surface area is 199 Å². The van der Waals surface area contributed by atoms with Crippen molar-refractivity contribution >= 4 is 23.4 Å². The van der Waals surface area contributed by atoms with E-state index < -0.39 is 77.5 Å². The van der Waals surface area contributed by atoms with Gasteiger partial charge in [-0.3, -0.25) is 0 Å². The fraction of sp³-hybridized carbons (Fsp3) is 1.00. The molecule has 0 saturated heterocycles. The van der Waals surface area contributed by atoms with Crippen molar-refractivity contribution in [1.82, 2.24) is 0 Å². The summed E-state index contributed by atoms with van der Waals surface area (Å²) in [5, 5.41) is 0. The third-order valence-electron chi connectivity index (χ3n) is 4.36. The summed E-state index contributed by atoms with van der Waals surface area (Å²) in [6.07, 6.45) is -10.6. The van der Waals surface area contributed by atoms with Crippen molar-refractivity contribution in [3.63, 3.8) is 0 Å². The molecule has 0 aliphatic heterocycles. The molecule has 23 heteroatoms. The summed E-state index contributed by atoms with van der Waals surface area (Å²) in [5.41, 5.74) is 0. The van der Waals surface area contributed by atoms with Crippen LogP contribution in [0.25, 0.3) is 0 Å². The molecule has 0 unspecified atom stereocenters. The van der Waals surface area contributed by atoms with E-state index >= 15 is 0 Å². The van der Waals surface area contributed by atoms with Crippen molar-refractivity contribution in [1.29, 1.82) is 0 Å². The van der Waals surface area contributed by atoms with Crippen LogP contribution in [0, 0.1) is 0 Å². The summed E-state index contributed by atoms with van der Waals surface area (Å²) in [7, 11) is 0. The largest absolute Gasteiger partial charge is 0.460 e. The molecule has 0 saturated carbocycles. The van der Waals surface area contributed by atoms with Crippen molar-refractivity contribution in [2.45, 2.75) is 65.9 Å². The lowest BCUT2D eigenvalue weighted by molar-refractivity contribution is -0.474. The number of alkyl halides is 22. The predicted octanol–water partition coefficient (Wildman–Crippen LogP) is 8.63. The van der Waals surface area contributed by atoms with E-state index in [2.05, 4.69) is 0 Å². The van der Waals surface area contributed by atoms with Gasteiger partial charge in [-0.25, -0.2) is 0 Å². The lowest BCUT2D eigenvalue weighted by Crippen LogP contribution is -2.76. The number of rotatable bonds is 13. The van der Waals surface area contributed by atoms with Crippen LogP contribution in [0.4, 0.5) is 92.2 Å². The molecule has 0 aliphatic rings. The molecule has 0 N–H and O–H groups in total. The SMILES string of the molecule is FC(F)(F)C(F)(F)C(F)(F)C(F)(F)C(F)(F)C(F)(F)C(F)(F)C(F)(F)C(F)(F)C(F)(F)CCSCCCl. The highest BCUT2D eigenvalue weighted by atomic mass is 35.5. The molecule has 0 bridgehead atoms. The maximum absolute atomic E-state index is 13.6. The van der Waals surface area contributed by atoms with Crippen LogP contribution in [0.2, 0.25) is 0 Å². The number of hydrogen-bond acceptors (Lipinski definition) is 1. The van der Waals surface area contributed by atoms with Gasteiger partial charge >= 0.3 is 59.5 Å². The Morgan fingerprint density at radius 3 is 0.919 bits per heavy atom. The van der Waals surface area contributed by atoms with E-state index in [0.29, 0.717) is 0 Å². The van der Waals surface area contributed by atoms with E-state index in [9.17, 15) is 92.2 Å². The van der Waals surface area contributed by atoms with E-state index in [4.69, 9.17) is 11.6 Å². The molecule has 0 amide bonds. The topological polar surface area (TPSA) is 0 Å². The average molecular weight is 643 g/mol. The third-order valence-corrected chi connectivity index (χ3v) is 5.76. The zero-order valence-corrected chi connectivity index (χ0v) is 18.1. The molecule has 0 spiro atoms. The van der Waals surface area contributed by atoms with E-state index in [-0.39, 0.29) is 17.5 Å². The fourth-order valence-electron chi connectivity index (χ4n) is 2.10. The second-order valence-corrected chi connectivity index (χ2v) is 8.45. The minimum Gasteiger partial charge on any atom is -0.200 e. The first-order valence-corrected chi connectivity index (χ1v) is 10.1. The molecular weight excluding hydrogens is 635 g/mol. The van der Waals surface area contributed by atoms with Crippen LogP contribution in [0.3, 0.4) is 0 Å². The standard InChI is InChI=1S/C14H8ClF21S/c15-2-4-37-3-1-5(16,17)6(18,19)7(20,21)8(22,23)9(24,25)10(26,27)11(28,29)12(30,31)13(32,33)14(34,35)36/h1-4H2. The first-order chi connectivity index (χ1) is 15.8. The van der Waals surface area contributed by atoms with Gasteiger partial charge < -0.3 is 0 Å². The first-order valence-electron chi connectivity index (χ1n) is 8.42. The number of thioether (sulfide) groups is 1. The smallest absolute Gasteiger partial charge is 0.200 e. The van der Waals surface area contributed by atoms with Crippen LogP contribution in [0.15, 0.2) is 0 Å². The predicted molar refractivity (Wildman–Crippen MR) is 83.2 cm³/mol. The van der Waals surface area contributed by atoms with Crippen molar-refractivity contribution in [2.24, 2.45) is 0 Å². The molecule has 0 heterocycles. The summed E-state index contributed by atoms with van der Waals surface area (Å²) < 4.78 is 276. The Hall–Kier alpha value is -0.830. The lowest BCUT2D eigenvalue weighted by atomic mass is 9.86. The zero-order chi connectivity index (χ0) is 30.5. The second-order valence-electron chi connectivity index (χ2n) is 6.85. The maximum Gasteiger partial charge on any atom is 0.460 e. The summed E-state index contributed by atoms with van der Waals surface area (Å²) in [6.45, 7) is 0. The highest BCUT2D eigenvalue weighted by Gasteiger charge is 2.97. The van der Waals surface area contributed by atoms with Crippen molar-refractivity contribution in [3.8, 4) is 0 Å². The quantitative estimate of drug-likeness (QED) is 0.110. The van der Waals surface area contributed by atoms with Gasteiger partial charge in [0.05, 0.1) is 0 Å². The Kier molecular flexibility index (Phi) is 9.75. The summed E-state index contributed by atoms with van der Waals surface area (Å²) in [5.74, 6) is -78.6. The fourth-order valence-corrected chi connectivity index (χ4v) is 3.15. The molecule has 0 atom stereocenters. The Morgan fingerprint density at radius 1 is 0.378 bits per heavy atom. The Morgan fingerprint density at radius 2 is 0.649 bits per heavy atom. The molecule has 37 heavy (non-hydrogen) atoms. The molecule has 0 aromatic heterocycles. The minimum atomic E-state index is -9.15. The summed E-state index contributed by atoms with van der Waals surface area (Å²) >= 11 is 5.18. The van der Waals surface area contributed by atoms with Crippen LogP contribution in [0.1, 0.15) is 6.42 Å². The van der Waals surface area contributed by atoms with Gasteiger partial charge in [-0.05, 0) is 5.75 Å².